The van der Waals surface area contributed by atoms with Gasteiger partial charge in [0.1, 0.15) is 5.82 Å². The van der Waals surface area contributed by atoms with Crippen LogP contribution < -0.4 is 5.32 Å². The summed E-state index contributed by atoms with van der Waals surface area (Å²) >= 11 is 5.78. The van der Waals surface area contributed by atoms with Crippen LogP contribution in [0.3, 0.4) is 0 Å². The molecular formula is C14H21ClFN. The Morgan fingerprint density at radius 2 is 2.06 bits per heavy atom. The van der Waals surface area contributed by atoms with Gasteiger partial charge in [0.05, 0.1) is 0 Å². The summed E-state index contributed by atoms with van der Waals surface area (Å²) in [7, 11) is 0. The maximum Gasteiger partial charge on any atom is 0.123 e. The molecular weight excluding hydrogens is 237 g/mol. The molecule has 17 heavy (non-hydrogen) atoms. The Bertz CT molecular complexity index is 352. The van der Waals surface area contributed by atoms with Crippen LogP contribution >= 0.6 is 11.6 Å². The van der Waals surface area contributed by atoms with Gasteiger partial charge in [0.25, 0.3) is 0 Å². The van der Waals surface area contributed by atoms with E-state index in [0.29, 0.717) is 17.8 Å². The fourth-order valence-corrected chi connectivity index (χ4v) is 2.12. The summed E-state index contributed by atoms with van der Waals surface area (Å²) in [6.45, 7) is 7.07. The summed E-state index contributed by atoms with van der Waals surface area (Å²) in [6.07, 6.45) is 0.958. The van der Waals surface area contributed by atoms with Gasteiger partial charge in [-0.2, -0.15) is 0 Å². The third-order valence-corrected chi connectivity index (χ3v) is 3.30. The van der Waals surface area contributed by atoms with Gasteiger partial charge in [0.15, 0.2) is 0 Å². The van der Waals surface area contributed by atoms with Crippen LogP contribution in [0.4, 0.5) is 4.39 Å². The van der Waals surface area contributed by atoms with Gasteiger partial charge in [-0.3, -0.25) is 0 Å². The van der Waals surface area contributed by atoms with E-state index in [1.807, 2.05) is 13.0 Å². The maximum absolute atomic E-state index is 13.0. The smallest absolute Gasteiger partial charge is 0.123 e. The Morgan fingerprint density at radius 1 is 1.35 bits per heavy atom. The monoisotopic (exact) mass is 257 g/mol. The molecule has 0 saturated carbocycles. The third kappa shape index (κ3) is 4.64. The number of benzene rings is 1. The lowest BCUT2D eigenvalue weighted by Crippen LogP contribution is -2.33. The fourth-order valence-electron chi connectivity index (χ4n) is 1.89. The Kier molecular flexibility index (Phi) is 5.93. The molecule has 0 fully saturated rings. The zero-order valence-electron chi connectivity index (χ0n) is 10.8. The van der Waals surface area contributed by atoms with Crippen LogP contribution in [-0.2, 0) is 6.54 Å². The second-order valence-corrected chi connectivity index (χ2v) is 5.16. The number of alkyl halides is 1. The van der Waals surface area contributed by atoms with Crippen molar-refractivity contribution in [3.8, 4) is 0 Å². The lowest BCUT2D eigenvalue weighted by Gasteiger charge is -2.22. The van der Waals surface area contributed by atoms with Gasteiger partial charge in [-0.05, 0) is 42.5 Å². The summed E-state index contributed by atoms with van der Waals surface area (Å²) in [6, 6.07) is 5.34. The molecule has 1 nitrogen and oxygen atoms in total. The molecule has 1 N–H and O–H groups in total. The molecule has 96 valence electrons. The second kappa shape index (κ2) is 6.97. The number of aryl methyl sites for hydroxylation is 1. The molecule has 0 saturated heterocycles. The summed E-state index contributed by atoms with van der Waals surface area (Å²) in [5, 5.41) is 3.49. The van der Waals surface area contributed by atoms with E-state index in [1.165, 1.54) is 6.07 Å². The number of hydrogen-bond donors (Lipinski definition) is 1. The van der Waals surface area contributed by atoms with Gasteiger partial charge in [-0.15, -0.1) is 11.6 Å². The van der Waals surface area contributed by atoms with Crippen molar-refractivity contribution in [1.29, 1.82) is 0 Å². The first-order valence-electron chi connectivity index (χ1n) is 6.09. The highest BCUT2D eigenvalue weighted by molar-refractivity contribution is 6.17. The lowest BCUT2D eigenvalue weighted by atomic mass is 10.0. The quantitative estimate of drug-likeness (QED) is 0.763. The van der Waals surface area contributed by atoms with Gasteiger partial charge in [0, 0.05) is 18.5 Å². The highest BCUT2D eigenvalue weighted by Gasteiger charge is 2.12. The van der Waals surface area contributed by atoms with Crippen LogP contribution in [0, 0.1) is 18.7 Å². The molecule has 3 heteroatoms. The first-order chi connectivity index (χ1) is 8.04. The van der Waals surface area contributed by atoms with Crippen molar-refractivity contribution in [2.75, 3.05) is 5.88 Å². The Hall–Kier alpha value is -0.600. The largest absolute Gasteiger partial charge is 0.310 e. The van der Waals surface area contributed by atoms with Crippen molar-refractivity contribution in [1.82, 2.24) is 5.32 Å². The van der Waals surface area contributed by atoms with Crippen molar-refractivity contribution in [3.05, 3.63) is 35.1 Å². The molecule has 1 aromatic rings. The van der Waals surface area contributed by atoms with E-state index in [2.05, 4.69) is 19.2 Å². The molecule has 1 rings (SSSR count). The average Bonchev–Trinajstić information content (AvgIpc) is 2.25. The van der Waals surface area contributed by atoms with Crippen molar-refractivity contribution in [3.63, 3.8) is 0 Å². The number of rotatable bonds is 6. The number of hydrogen-bond acceptors (Lipinski definition) is 1. The Morgan fingerprint density at radius 3 is 2.59 bits per heavy atom. The first kappa shape index (κ1) is 14.5. The van der Waals surface area contributed by atoms with E-state index < -0.39 is 0 Å². The average molecular weight is 258 g/mol. The second-order valence-electron chi connectivity index (χ2n) is 4.78. The minimum absolute atomic E-state index is 0.174. The lowest BCUT2D eigenvalue weighted by molar-refractivity contribution is 0.388. The summed E-state index contributed by atoms with van der Waals surface area (Å²) in [5.41, 5.74) is 2.14. The zero-order valence-corrected chi connectivity index (χ0v) is 11.5. The third-order valence-electron chi connectivity index (χ3n) is 3.08. The van der Waals surface area contributed by atoms with Gasteiger partial charge in [-0.25, -0.2) is 4.39 Å². The number of nitrogens with one attached hydrogen (secondary N) is 1. The molecule has 0 spiro atoms. The maximum atomic E-state index is 13.0. The molecule has 1 unspecified atom stereocenters. The summed E-state index contributed by atoms with van der Waals surface area (Å²) < 4.78 is 13.0. The summed E-state index contributed by atoms with van der Waals surface area (Å²) in [4.78, 5) is 0. The van der Waals surface area contributed by atoms with Crippen LogP contribution in [0.5, 0.6) is 0 Å². The normalized spacial score (nSPS) is 13.1. The van der Waals surface area contributed by atoms with E-state index in [9.17, 15) is 4.39 Å². The molecule has 1 aromatic carbocycles. The topological polar surface area (TPSA) is 12.0 Å². The van der Waals surface area contributed by atoms with Crippen LogP contribution in [0.15, 0.2) is 18.2 Å². The first-order valence-corrected chi connectivity index (χ1v) is 6.62. The molecule has 0 radical (unpaired) electrons. The highest BCUT2D eigenvalue weighted by atomic mass is 35.5. The highest BCUT2D eigenvalue weighted by Crippen LogP contribution is 2.12. The minimum atomic E-state index is -0.174. The molecule has 0 heterocycles. The Labute approximate surface area is 108 Å². The van der Waals surface area contributed by atoms with Gasteiger partial charge in [0.2, 0.25) is 0 Å². The molecule has 0 aliphatic carbocycles. The van der Waals surface area contributed by atoms with Gasteiger partial charge in [-0.1, -0.05) is 19.9 Å². The summed E-state index contributed by atoms with van der Waals surface area (Å²) in [5.74, 6) is 1.04. The number of halogens is 2. The Balaban J connectivity index is 2.59. The van der Waals surface area contributed by atoms with E-state index in [-0.39, 0.29) is 5.82 Å². The van der Waals surface area contributed by atoms with Gasteiger partial charge < -0.3 is 5.32 Å². The van der Waals surface area contributed by atoms with Crippen molar-refractivity contribution in [2.45, 2.75) is 39.8 Å². The van der Waals surface area contributed by atoms with Crippen molar-refractivity contribution >= 4 is 11.6 Å². The molecule has 0 aliphatic heterocycles. The SMILES string of the molecule is Cc1cc(F)ccc1CNC(CCCl)C(C)C. The van der Waals surface area contributed by atoms with Gasteiger partial charge >= 0.3 is 0 Å². The molecule has 0 aliphatic rings. The van der Waals surface area contributed by atoms with Crippen LogP contribution in [0.2, 0.25) is 0 Å². The fraction of sp³-hybridized carbons (Fsp3) is 0.571. The van der Waals surface area contributed by atoms with E-state index in [1.54, 1.807) is 6.07 Å². The van der Waals surface area contributed by atoms with Crippen molar-refractivity contribution in [2.24, 2.45) is 5.92 Å². The predicted octanol–water partition coefficient (Wildman–Crippen LogP) is 3.88. The molecule has 0 bridgehead atoms. The molecule has 0 aromatic heterocycles. The standard InChI is InChI=1S/C14H21ClFN/c1-10(2)14(6-7-15)17-9-12-4-5-13(16)8-11(12)3/h4-5,8,10,14,17H,6-7,9H2,1-3H3. The molecule has 0 amide bonds. The van der Waals surface area contributed by atoms with Crippen molar-refractivity contribution < 1.29 is 4.39 Å². The van der Waals surface area contributed by atoms with Crippen LogP contribution in [0.1, 0.15) is 31.4 Å². The van der Waals surface area contributed by atoms with E-state index in [4.69, 9.17) is 11.6 Å². The van der Waals surface area contributed by atoms with Crippen LogP contribution in [-0.4, -0.2) is 11.9 Å². The zero-order chi connectivity index (χ0) is 12.8. The van der Waals surface area contributed by atoms with Crippen LogP contribution in [0.25, 0.3) is 0 Å². The molecule has 1 atom stereocenters. The predicted molar refractivity (Wildman–Crippen MR) is 71.9 cm³/mol. The minimum Gasteiger partial charge on any atom is -0.310 e. The van der Waals surface area contributed by atoms with E-state index >= 15 is 0 Å². The van der Waals surface area contributed by atoms with E-state index in [0.717, 1.165) is 24.1 Å².